The lowest BCUT2D eigenvalue weighted by Crippen LogP contribution is -2.33. The van der Waals surface area contributed by atoms with Gasteiger partial charge in [0, 0.05) is 17.8 Å². The second kappa shape index (κ2) is 6.89. The number of ether oxygens (including phenoxy) is 1. The van der Waals surface area contributed by atoms with Crippen LogP contribution in [0.2, 0.25) is 0 Å². The van der Waals surface area contributed by atoms with Crippen LogP contribution in [0, 0.1) is 16.5 Å². The number of nitrogens with zero attached hydrogens (tertiary/aromatic N) is 1. The van der Waals surface area contributed by atoms with Gasteiger partial charge < -0.3 is 15.2 Å². The van der Waals surface area contributed by atoms with Crippen molar-refractivity contribution in [2.45, 2.75) is 52.6 Å². The second-order valence-corrected chi connectivity index (χ2v) is 8.14. The molecule has 0 bridgehead atoms. The molecule has 1 aromatic carbocycles. The van der Waals surface area contributed by atoms with Crippen LogP contribution < -0.4 is 5.23 Å². The van der Waals surface area contributed by atoms with Gasteiger partial charge in [0.25, 0.3) is 0 Å². The van der Waals surface area contributed by atoms with Crippen molar-refractivity contribution in [3.05, 3.63) is 58.3 Å². The number of benzene rings is 1. The molecule has 2 atom stereocenters. The van der Waals surface area contributed by atoms with E-state index in [1.165, 1.54) is 35.4 Å². The lowest BCUT2D eigenvalue weighted by molar-refractivity contribution is -0.00586. The van der Waals surface area contributed by atoms with E-state index >= 15 is 0 Å². The molecular formula is C21H26NO4-. The number of esters is 1. The first kappa shape index (κ1) is 18.7. The fourth-order valence-corrected chi connectivity index (χ4v) is 4.10. The smallest absolute Gasteiger partial charge is 0.338 e. The molecule has 0 amide bonds. The first-order valence-electron chi connectivity index (χ1n) is 9.02. The molecule has 140 valence electrons. The van der Waals surface area contributed by atoms with E-state index in [4.69, 9.17) is 9.94 Å². The molecular weight excluding hydrogens is 330 g/mol. The molecule has 2 aliphatic carbocycles. The van der Waals surface area contributed by atoms with Gasteiger partial charge in [0.1, 0.15) is 6.10 Å². The van der Waals surface area contributed by atoms with Gasteiger partial charge in [-0.05, 0) is 50.5 Å². The van der Waals surface area contributed by atoms with Crippen molar-refractivity contribution in [3.8, 4) is 0 Å². The highest BCUT2D eigenvalue weighted by atomic mass is 16.8. The van der Waals surface area contributed by atoms with Gasteiger partial charge in [-0.15, -0.1) is 0 Å². The highest BCUT2D eigenvalue weighted by Crippen LogP contribution is 2.49. The van der Waals surface area contributed by atoms with Crippen LogP contribution in [0.25, 0.3) is 0 Å². The zero-order valence-electron chi connectivity index (χ0n) is 15.6. The maximum absolute atomic E-state index is 12.6. The molecule has 2 aliphatic rings. The Morgan fingerprint density at radius 2 is 2.00 bits per heavy atom. The monoisotopic (exact) mass is 356 g/mol. The van der Waals surface area contributed by atoms with Crippen molar-refractivity contribution in [3.63, 3.8) is 0 Å². The van der Waals surface area contributed by atoms with E-state index in [-0.39, 0.29) is 22.4 Å². The van der Waals surface area contributed by atoms with Crippen LogP contribution >= 0.6 is 0 Å². The Hall–Kier alpha value is -2.11. The van der Waals surface area contributed by atoms with Gasteiger partial charge in [0.05, 0.1) is 11.3 Å². The van der Waals surface area contributed by atoms with Crippen LogP contribution in [0.15, 0.2) is 47.6 Å². The summed E-state index contributed by atoms with van der Waals surface area (Å²) in [4.78, 5) is 12.6. The van der Waals surface area contributed by atoms with Gasteiger partial charge in [-0.2, -0.15) is 0 Å². The van der Waals surface area contributed by atoms with Gasteiger partial charge in [-0.3, -0.25) is 5.21 Å². The Morgan fingerprint density at radius 1 is 1.35 bits per heavy atom. The summed E-state index contributed by atoms with van der Waals surface area (Å²) in [5, 5.41) is 19.5. The standard InChI is InChI=1S/C21H26NO4/c1-13-5-10-17-14(2)11-19(21(3,4)12-18(13)17)26-20(23)15-6-8-16(9-7-15)22(24)25/h6-9,17,19,24H,2,5,10-12H2,1,3-4H3/q-1/t17-,19-/m1/s1. The third-order valence-corrected chi connectivity index (χ3v) is 5.81. The van der Waals surface area contributed by atoms with Crippen LogP contribution in [0.1, 0.15) is 56.8 Å². The maximum Gasteiger partial charge on any atom is 0.338 e. The number of hydrogen-bond acceptors (Lipinski definition) is 5. The quantitative estimate of drug-likeness (QED) is 0.468. The summed E-state index contributed by atoms with van der Waals surface area (Å²) in [6.45, 7) is 10.8. The lowest BCUT2D eigenvalue weighted by Gasteiger charge is -2.32. The molecule has 1 fully saturated rings. The minimum atomic E-state index is -0.421. The summed E-state index contributed by atoms with van der Waals surface area (Å²) in [5.41, 5.74) is 4.33. The summed E-state index contributed by atoms with van der Waals surface area (Å²) in [7, 11) is 0. The van der Waals surface area contributed by atoms with Crippen LogP contribution in [0.3, 0.4) is 0 Å². The topological polar surface area (TPSA) is 72.8 Å². The average molecular weight is 356 g/mol. The molecule has 0 aromatic heterocycles. The van der Waals surface area contributed by atoms with Crippen molar-refractivity contribution >= 4 is 11.7 Å². The van der Waals surface area contributed by atoms with Gasteiger partial charge in [-0.1, -0.05) is 37.1 Å². The number of fused-ring (bicyclic) bond motifs is 1. The Labute approximate surface area is 154 Å². The van der Waals surface area contributed by atoms with Gasteiger partial charge >= 0.3 is 5.97 Å². The SMILES string of the molecule is C=C1C[C@@H](OC(=O)c2ccc(N([O-])O)cc2)C(C)(C)CC2=C(C)CC[C@H]12. The maximum atomic E-state index is 12.6. The molecule has 0 heterocycles. The third kappa shape index (κ3) is 3.55. The molecule has 1 saturated carbocycles. The Kier molecular flexibility index (Phi) is 4.95. The zero-order valence-corrected chi connectivity index (χ0v) is 15.6. The Bertz CT molecular complexity index is 746. The van der Waals surface area contributed by atoms with E-state index in [1.807, 2.05) is 0 Å². The van der Waals surface area contributed by atoms with E-state index in [0.29, 0.717) is 17.9 Å². The molecule has 26 heavy (non-hydrogen) atoms. The number of hydrogen-bond donors (Lipinski definition) is 1. The highest BCUT2D eigenvalue weighted by molar-refractivity contribution is 5.90. The highest BCUT2D eigenvalue weighted by Gasteiger charge is 2.41. The summed E-state index contributed by atoms with van der Waals surface area (Å²) >= 11 is 0. The third-order valence-electron chi connectivity index (χ3n) is 5.81. The minimum Gasteiger partial charge on any atom is -0.733 e. The average Bonchev–Trinajstić information content (AvgIpc) is 2.90. The number of anilines is 1. The van der Waals surface area contributed by atoms with E-state index in [0.717, 1.165) is 24.8 Å². The van der Waals surface area contributed by atoms with Crippen LogP contribution in [-0.4, -0.2) is 17.3 Å². The first-order chi connectivity index (χ1) is 12.2. The Balaban J connectivity index is 1.79. The van der Waals surface area contributed by atoms with Crippen LogP contribution in [0.4, 0.5) is 5.69 Å². The minimum absolute atomic E-state index is 0.0694. The molecule has 0 spiro atoms. The van der Waals surface area contributed by atoms with E-state index in [1.54, 1.807) is 0 Å². The van der Waals surface area contributed by atoms with E-state index < -0.39 is 5.97 Å². The predicted molar refractivity (Wildman–Crippen MR) is 101 cm³/mol. The molecule has 0 radical (unpaired) electrons. The molecule has 0 saturated heterocycles. The van der Waals surface area contributed by atoms with Gasteiger partial charge in [0.15, 0.2) is 0 Å². The molecule has 3 rings (SSSR count). The molecule has 5 heteroatoms. The van der Waals surface area contributed by atoms with Crippen molar-refractivity contribution in [2.24, 2.45) is 11.3 Å². The van der Waals surface area contributed by atoms with E-state index in [2.05, 4.69) is 27.4 Å². The molecule has 5 nitrogen and oxygen atoms in total. The van der Waals surface area contributed by atoms with Gasteiger partial charge in [0.2, 0.25) is 0 Å². The predicted octanol–water partition coefficient (Wildman–Crippen LogP) is 5.01. The molecule has 0 unspecified atom stereocenters. The van der Waals surface area contributed by atoms with Crippen LogP contribution in [-0.2, 0) is 4.74 Å². The summed E-state index contributed by atoms with van der Waals surface area (Å²) in [5.74, 6) is 0.000395. The number of carbonyl (C=O) groups excluding carboxylic acids is 1. The molecule has 1 N–H and O–H groups in total. The summed E-state index contributed by atoms with van der Waals surface area (Å²) in [6, 6.07) is 5.75. The number of allylic oxidation sites excluding steroid dienone is 2. The largest absolute Gasteiger partial charge is 0.733 e. The fourth-order valence-electron chi connectivity index (χ4n) is 4.10. The van der Waals surface area contributed by atoms with Crippen molar-refractivity contribution in [1.29, 1.82) is 0 Å². The number of rotatable bonds is 3. The van der Waals surface area contributed by atoms with Crippen molar-refractivity contribution < 1.29 is 14.7 Å². The lowest BCUT2D eigenvalue weighted by atomic mass is 9.80. The van der Waals surface area contributed by atoms with Crippen LogP contribution in [0.5, 0.6) is 0 Å². The first-order valence-corrected chi connectivity index (χ1v) is 9.02. The van der Waals surface area contributed by atoms with Gasteiger partial charge in [-0.25, -0.2) is 4.79 Å². The summed E-state index contributed by atoms with van der Waals surface area (Å²) in [6.07, 6.45) is 3.58. The van der Waals surface area contributed by atoms with E-state index in [9.17, 15) is 10.0 Å². The van der Waals surface area contributed by atoms with Crippen molar-refractivity contribution in [2.75, 3.05) is 5.23 Å². The van der Waals surface area contributed by atoms with Crippen molar-refractivity contribution in [1.82, 2.24) is 0 Å². The molecule has 0 aliphatic heterocycles. The summed E-state index contributed by atoms with van der Waals surface area (Å²) < 4.78 is 5.87. The normalized spacial score (nSPS) is 24.9. The number of carbonyl (C=O) groups is 1. The fraction of sp³-hybridized carbons (Fsp3) is 0.476. The Morgan fingerprint density at radius 3 is 2.62 bits per heavy atom. The zero-order chi connectivity index (χ0) is 19.1. The second-order valence-electron chi connectivity index (χ2n) is 8.14. The molecule has 1 aromatic rings.